The van der Waals surface area contributed by atoms with E-state index in [1.807, 2.05) is 11.3 Å². The molecule has 1 fully saturated rings. The highest BCUT2D eigenvalue weighted by Crippen LogP contribution is 2.34. The summed E-state index contributed by atoms with van der Waals surface area (Å²) >= 11 is 2.01. The Morgan fingerprint density at radius 1 is 1.47 bits per heavy atom. The molecular formula is C14H21NOS. The summed E-state index contributed by atoms with van der Waals surface area (Å²) in [6, 6.07) is 2.98. The molecule has 0 aliphatic heterocycles. The van der Waals surface area contributed by atoms with Crippen molar-refractivity contribution in [1.82, 2.24) is 5.32 Å². The molecule has 0 aromatic carbocycles. The normalized spacial score (nSPS) is 20.5. The molecule has 1 saturated carbocycles. The molecule has 2 aliphatic carbocycles. The van der Waals surface area contributed by atoms with Gasteiger partial charge in [-0.15, -0.1) is 11.3 Å². The number of aryl methyl sites for hydroxylation is 2. The van der Waals surface area contributed by atoms with Gasteiger partial charge in [0.25, 0.3) is 0 Å². The molecule has 1 N–H and O–H groups in total. The summed E-state index contributed by atoms with van der Waals surface area (Å²) in [5.74, 6) is 0.863. The van der Waals surface area contributed by atoms with Crippen LogP contribution in [0.2, 0.25) is 0 Å². The van der Waals surface area contributed by atoms with E-state index in [2.05, 4.69) is 11.4 Å². The van der Waals surface area contributed by atoms with Crippen molar-refractivity contribution in [3.8, 4) is 0 Å². The van der Waals surface area contributed by atoms with E-state index in [1.54, 1.807) is 17.6 Å². The molecule has 2 nitrogen and oxygen atoms in total. The second-order valence-corrected chi connectivity index (χ2v) is 6.52. The lowest BCUT2D eigenvalue weighted by Gasteiger charge is -2.16. The molecule has 1 aromatic rings. The first-order chi connectivity index (χ1) is 8.36. The van der Waals surface area contributed by atoms with Crippen LogP contribution in [-0.2, 0) is 24.1 Å². The average molecular weight is 251 g/mol. The van der Waals surface area contributed by atoms with Crippen LogP contribution in [0.15, 0.2) is 6.07 Å². The minimum absolute atomic E-state index is 0.567. The van der Waals surface area contributed by atoms with Crippen LogP contribution in [0.1, 0.15) is 34.6 Å². The maximum absolute atomic E-state index is 5.30. The van der Waals surface area contributed by atoms with E-state index in [9.17, 15) is 0 Å². The first-order valence-corrected chi connectivity index (χ1v) is 7.51. The predicted octanol–water partition coefficient (Wildman–Crippen LogP) is 2.75. The first-order valence-electron chi connectivity index (χ1n) is 6.69. The van der Waals surface area contributed by atoms with E-state index in [1.165, 1.54) is 37.0 Å². The van der Waals surface area contributed by atoms with Gasteiger partial charge < -0.3 is 10.1 Å². The highest BCUT2D eigenvalue weighted by atomic mass is 32.1. The van der Waals surface area contributed by atoms with E-state index in [4.69, 9.17) is 4.74 Å². The molecule has 3 heteroatoms. The summed E-state index contributed by atoms with van der Waals surface area (Å²) in [5, 5.41) is 3.67. The maximum atomic E-state index is 5.30. The average Bonchev–Trinajstić information content (AvgIpc) is 2.94. The van der Waals surface area contributed by atoms with Crippen LogP contribution in [0, 0.1) is 5.92 Å². The van der Waals surface area contributed by atoms with Crippen molar-refractivity contribution in [2.24, 2.45) is 5.92 Å². The topological polar surface area (TPSA) is 21.3 Å². The molecule has 0 spiro atoms. The number of thiophene rings is 1. The zero-order chi connectivity index (χ0) is 11.7. The fraction of sp³-hybridized carbons (Fsp3) is 0.714. The lowest BCUT2D eigenvalue weighted by Crippen LogP contribution is -2.34. The van der Waals surface area contributed by atoms with Crippen molar-refractivity contribution in [1.29, 1.82) is 0 Å². The lowest BCUT2D eigenvalue weighted by atomic mass is 10.2. The van der Waals surface area contributed by atoms with Crippen LogP contribution >= 0.6 is 11.3 Å². The third-order valence-electron chi connectivity index (χ3n) is 3.87. The van der Waals surface area contributed by atoms with Crippen LogP contribution in [0.3, 0.4) is 0 Å². The zero-order valence-electron chi connectivity index (χ0n) is 10.5. The van der Waals surface area contributed by atoms with Crippen molar-refractivity contribution < 1.29 is 4.74 Å². The third-order valence-corrected chi connectivity index (χ3v) is 5.11. The van der Waals surface area contributed by atoms with Gasteiger partial charge in [-0.2, -0.15) is 0 Å². The Bertz CT molecular complexity index is 362. The largest absolute Gasteiger partial charge is 0.383 e. The Labute approximate surface area is 107 Å². The second kappa shape index (κ2) is 5.09. The summed E-state index contributed by atoms with van der Waals surface area (Å²) in [6.45, 7) is 1.89. The minimum Gasteiger partial charge on any atom is -0.383 e. The fourth-order valence-electron chi connectivity index (χ4n) is 2.75. The molecule has 1 aromatic heterocycles. The monoisotopic (exact) mass is 251 g/mol. The Hall–Kier alpha value is -0.380. The van der Waals surface area contributed by atoms with Crippen molar-refractivity contribution in [3.63, 3.8) is 0 Å². The number of rotatable bonds is 6. The molecule has 1 unspecified atom stereocenters. The third kappa shape index (κ3) is 2.72. The Morgan fingerprint density at radius 3 is 3.06 bits per heavy atom. The van der Waals surface area contributed by atoms with E-state index in [-0.39, 0.29) is 0 Å². The Morgan fingerprint density at radius 2 is 2.35 bits per heavy atom. The molecule has 0 bridgehead atoms. The number of fused-ring (bicyclic) bond motifs is 1. The Kier molecular flexibility index (Phi) is 3.50. The molecular weight excluding hydrogens is 230 g/mol. The molecule has 1 heterocycles. The molecule has 0 radical (unpaired) electrons. The number of nitrogens with one attached hydrogen (secondary N) is 1. The lowest BCUT2D eigenvalue weighted by molar-refractivity contribution is 0.157. The molecule has 0 amide bonds. The van der Waals surface area contributed by atoms with Gasteiger partial charge in [0.1, 0.15) is 0 Å². The van der Waals surface area contributed by atoms with Gasteiger partial charge in [0.2, 0.25) is 0 Å². The second-order valence-electron chi connectivity index (χ2n) is 5.29. The first kappa shape index (κ1) is 11.7. The summed E-state index contributed by atoms with van der Waals surface area (Å²) in [4.78, 5) is 3.15. The van der Waals surface area contributed by atoms with Crippen LogP contribution in [0.4, 0.5) is 0 Å². The highest BCUT2D eigenvalue weighted by molar-refractivity contribution is 7.12. The number of methoxy groups -OCH3 is 1. The van der Waals surface area contributed by atoms with Crippen LogP contribution in [0.25, 0.3) is 0 Å². The van der Waals surface area contributed by atoms with Crippen molar-refractivity contribution in [2.45, 2.75) is 44.7 Å². The standard InChI is InChI=1S/C14H21NOS/c1-16-9-13(10-5-6-10)15-8-12-7-11-3-2-4-14(11)17-12/h7,10,13,15H,2-6,8-9H2,1H3. The van der Waals surface area contributed by atoms with Gasteiger partial charge in [0, 0.05) is 29.5 Å². The van der Waals surface area contributed by atoms with Crippen molar-refractivity contribution in [3.05, 3.63) is 21.4 Å². The summed E-state index contributed by atoms with van der Waals surface area (Å²) in [7, 11) is 1.80. The van der Waals surface area contributed by atoms with Crippen LogP contribution in [-0.4, -0.2) is 19.8 Å². The van der Waals surface area contributed by atoms with E-state index in [0.29, 0.717) is 6.04 Å². The molecule has 3 rings (SSSR count). The van der Waals surface area contributed by atoms with Gasteiger partial charge >= 0.3 is 0 Å². The van der Waals surface area contributed by atoms with Gasteiger partial charge in [-0.1, -0.05) is 0 Å². The zero-order valence-corrected chi connectivity index (χ0v) is 11.3. The van der Waals surface area contributed by atoms with E-state index in [0.717, 1.165) is 19.1 Å². The molecule has 0 saturated heterocycles. The van der Waals surface area contributed by atoms with Gasteiger partial charge in [0.15, 0.2) is 0 Å². The molecule has 94 valence electrons. The SMILES string of the molecule is COCC(NCc1cc2c(s1)CCC2)C1CC1. The van der Waals surface area contributed by atoms with Crippen molar-refractivity contribution in [2.75, 3.05) is 13.7 Å². The van der Waals surface area contributed by atoms with Gasteiger partial charge in [0.05, 0.1) is 6.61 Å². The van der Waals surface area contributed by atoms with Crippen LogP contribution in [0.5, 0.6) is 0 Å². The van der Waals surface area contributed by atoms with Gasteiger partial charge in [-0.3, -0.25) is 0 Å². The molecule has 17 heavy (non-hydrogen) atoms. The number of hydrogen-bond acceptors (Lipinski definition) is 3. The number of hydrogen-bond donors (Lipinski definition) is 1. The smallest absolute Gasteiger partial charge is 0.0618 e. The number of ether oxygens (including phenoxy) is 1. The fourth-order valence-corrected chi connectivity index (χ4v) is 3.96. The minimum atomic E-state index is 0.567. The molecule has 2 aliphatic rings. The Balaban J connectivity index is 1.55. The van der Waals surface area contributed by atoms with Gasteiger partial charge in [-0.05, 0) is 49.7 Å². The predicted molar refractivity (Wildman–Crippen MR) is 71.6 cm³/mol. The highest BCUT2D eigenvalue weighted by Gasteiger charge is 2.30. The van der Waals surface area contributed by atoms with E-state index < -0.39 is 0 Å². The van der Waals surface area contributed by atoms with Gasteiger partial charge in [-0.25, -0.2) is 0 Å². The molecule has 1 atom stereocenters. The summed E-state index contributed by atoms with van der Waals surface area (Å²) in [5.41, 5.74) is 1.61. The summed E-state index contributed by atoms with van der Waals surface area (Å²) in [6.07, 6.45) is 6.73. The van der Waals surface area contributed by atoms with Crippen molar-refractivity contribution >= 4 is 11.3 Å². The quantitative estimate of drug-likeness (QED) is 0.839. The summed E-state index contributed by atoms with van der Waals surface area (Å²) < 4.78 is 5.30. The van der Waals surface area contributed by atoms with E-state index >= 15 is 0 Å². The maximum Gasteiger partial charge on any atom is 0.0618 e. The van der Waals surface area contributed by atoms with Crippen LogP contribution < -0.4 is 5.32 Å².